The molecule has 0 spiro atoms. The van der Waals surface area contributed by atoms with Crippen molar-refractivity contribution in [2.24, 2.45) is 0 Å². The summed E-state index contributed by atoms with van der Waals surface area (Å²) in [5, 5.41) is 8.30. The van der Waals surface area contributed by atoms with Crippen LogP contribution in [0.3, 0.4) is 0 Å². The molecule has 0 amide bonds. The molecule has 0 heterocycles. The first kappa shape index (κ1) is 7.90. The molecule has 0 aliphatic carbocycles. The van der Waals surface area contributed by atoms with E-state index >= 15 is 0 Å². The van der Waals surface area contributed by atoms with E-state index in [0.29, 0.717) is 5.57 Å². The summed E-state index contributed by atoms with van der Waals surface area (Å²) < 4.78 is 0. The van der Waals surface area contributed by atoms with Crippen LogP contribution in [0.25, 0.3) is 0 Å². The van der Waals surface area contributed by atoms with Crippen molar-refractivity contribution in [1.29, 1.82) is 5.26 Å². The molecule has 0 radical (unpaired) electrons. The monoisotopic (exact) mass is 123 g/mol. The SMILES string of the molecule is CC=C(C#N)CC(C)=O. The Labute approximate surface area is 54.8 Å². The summed E-state index contributed by atoms with van der Waals surface area (Å²) in [5.41, 5.74) is 0.544. The molecule has 0 bridgehead atoms. The Hall–Kier alpha value is -1.10. The summed E-state index contributed by atoms with van der Waals surface area (Å²) in [6.07, 6.45) is 1.92. The highest BCUT2D eigenvalue weighted by atomic mass is 16.1. The zero-order valence-corrected chi connectivity index (χ0v) is 5.64. The van der Waals surface area contributed by atoms with Gasteiger partial charge in [0.05, 0.1) is 6.07 Å². The quantitative estimate of drug-likeness (QED) is 0.521. The van der Waals surface area contributed by atoms with Crippen LogP contribution in [0.1, 0.15) is 20.3 Å². The van der Waals surface area contributed by atoms with Crippen LogP contribution in [0.5, 0.6) is 0 Å². The van der Waals surface area contributed by atoms with Crippen LogP contribution < -0.4 is 0 Å². The Balaban J connectivity index is 3.91. The van der Waals surface area contributed by atoms with Gasteiger partial charge in [0.15, 0.2) is 0 Å². The van der Waals surface area contributed by atoms with Crippen molar-refractivity contribution in [3.63, 3.8) is 0 Å². The van der Waals surface area contributed by atoms with Crippen molar-refractivity contribution in [3.05, 3.63) is 11.6 Å². The van der Waals surface area contributed by atoms with E-state index in [1.807, 2.05) is 6.07 Å². The highest BCUT2D eigenvalue weighted by Crippen LogP contribution is 1.98. The number of carbonyl (C=O) groups excluding carboxylic acids is 1. The zero-order valence-electron chi connectivity index (χ0n) is 5.64. The number of nitrogens with zero attached hydrogens (tertiary/aromatic N) is 1. The molecule has 0 fully saturated rings. The lowest BCUT2D eigenvalue weighted by Crippen LogP contribution is -1.90. The van der Waals surface area contributed by atoms with Crippen molar-refractivity contribution in [3.8, 4) is 6.07 Å². The van der Waals surface area contributed by atoms with Crippen molar-refractivity contribution in [1.82, 2.24) is 0 Å². The van der Waals surface area contributed by atoms with Gasteiger partial charge in [-0.2, -0.15) is 5.26 Å². The normalized spacial score (nSPS) is 10.6. The third-order valence-corrected chi connectivity index (χ3v) is 0.931. The molecule has 0 aliphatic heterocycles. The number of rotatable bonds is 2. The lowest BCUT2D eigenvalue weighted by Gasteiger charge is -1.88. The second-order valence-corrected chi connectivity index (χ2v) is 1.80. The fourth-order valence-electron chi connectivity index (χ4n) is 0.474. The highest BCUT2D eigenvalue weighted by Gasteiger charge is 1.96. The highest BCUT2D eigenvalue weighted by molar-refractivity contribution is 5.78. The molecular weight excluding hydrogens is 114 g/mol. The van der Waals surface area contributed by atoms with E-state index in [2.05, 4.69) is 0 Å². The number of hydrogen-bond acceptors (Lipinski definition) is 2. The van der Waals surface area contributed by atoms with Crippen LogP contribution >= 0.6 is 0 Å². The number of nitriles is 1. The summed E-state index contributed by atoms with van der Waals surface area (Å²) in [4.78, 5) is 10.4. The van der Waals surface area contributed by atoms with Crippen molar-refractivity contribution >= 4 is 5.78 Å². The van der Waals surface area contributed by atoms with E-state index in [9.17, 15) is 4.79 Å². The summed E-state index contributed by atoms with van der Waals surface area (Å²) in [6, 6.07) is 1.92. The molecule has 0 unspecified atom stereocenters. The zero-order chi connectivity index (χ0) is 7.28. The smallest absolute Gasteiger partial charge is 0.134 e. The fourth-order valence-corrected chi connectivity index (χ4v) is 0.474. The van der Waals surface area contributed by atoms with Gasteiger partial charge in [-0.05, 0) is 13.8 Å². The van der Waals surface area contributed by atoms with Gasteiger partial charge in [-0.15, -0.1) is 0 Å². The number of Topliss-reactive ketones (excluding diaryl/α,β-unsaturated/α-hetero) is 1. The number of ketones is 1. The minimum Gasteiger partial charge on any atom is -0.300 e. The maximum atomic E-state index is 10.4. The van der Waals surface area contributed by atoms with Gasteiger partial charge in [0.25, 0.3) is 0 Å². The maximum Gasteiger partial charge on any atom is 0.134 e. The van der Waals surface area contributed by atoms with E-state index in [4.69, 9.17) is 5.26 Å². The average molecular weight is 123 g/mol. The van der Waals surface area contributed by atoms with Gasteiger partial charge in [0, 0.05) is 12.0 Å². The molecule has 9 heavy (non-hydrogen) atoms. The third kappa shape index (κ3) is 3.48. The predicted molar refractivity (Wildman–Crippen MR) is 34.7 cm³/mol. The van der Waals surface area contributed by atoms with Crippen molar-refractivity contribution in [2.75, 3.05) is 0 Å². The summed E-state index contributed by atoms with van der Waals surface area (Å²) in [7, 11) is 0. The van der Waals surface area contributed by atoms with E-state index in [0.717, 1.165) is 0 Å². The van der Waals surface area contributed by atoms with Crippen LogP contribution in [-0.4, -0.2) is 5.78 Å². The van der Waals surface area contributed by atoms with Gasteiger partial charge in [-0.1, -0.05) is 6.08 Å². The van der Waals surface area contributed by atoms with Crippen molar-refractivity contribution in [2.45, 2.75) is 20.3 Å². The van der Waals surface area contributed by atoms with Gasteiger partial charge in [-0.3, -0.25) is 4.79 Å². The maximum absolute atomic E-state index is 10.4. The molecule has 0 aromatic heterocycles. The topological polar surface area (TPSA) is 40.9 Å². The molecule has 0 atom stereocenters. The van der Waals surface area contributed by atoms with Gasteiger partial charge < -0.3 is 0 Å². The molecule has 0 N–H and O–H groups in total. The largest absolute Gasteiger partial charge is 0.300 e. The lowest BCUT2D eigenvalue weighted by atomic mass is 10.1. The standard InChI is InChI=1S/C7H9NO/c1-3-7(5-8)4-6(2)9/h3H,4H2,1-2H3. The molecule has 48 valence electrons. The Kier molecular flexibility index (Phi) is 3.38. The van der Waals surface area contributed by atoms with Crippen LogP contribution in [0, 0.1) is 11.3 Å². The molecule has 0 saturated heterocycles. The molecule has 2 nitrogen and oxygen atoms in total. The minimum absolute atomic E-state index is 0.0321. The summed E-state index contributed by atoms with van der Waals surface area (Å²) in [5.74, 6) is 0.0321. The molecule has 0 aromatic rings. The van der Waals surface area contributed by atoms with Gasteiger partial charge in [0.2, 0.25) is 0 Å². The first-order chi connectivity index (χ1) is 4.20. The molecule has 0 saturated carbocycles. The molecular formula is C7H9NO. The van der Waals surface area contributed by atoms with E-state index in [1.165, 1.54) is 6.92 Å². The van der Waals surface area contributed by atoms with E-state index in [1.54, 1.807) is 13.0 Å². The molecule has 0 rings (SSSR count). The average Bonchev–Trinajstić information content (AvgIpc) is 1.82. The second kappa shape index (κ2) is 3.85. The van der Waals surface area contributed by atoms with Crippen LogP contribution in [-0.2, 0) is 4.79 Å². The molecule has 0 aromatic carbocycles. The third-order valence-electron chi connectivity index (χ3n) is 0.931. The van der Waals surface area contributed by atoms with Gasteiger partial charge in [0.1, 0.15) is 5.78 Å². The van der Waals surface area contributed by atoms with E-state index in [-0.39, 0.29) is 12.2 Å². The Morgan fingerprint density at radius 3 is 2.44 bits per heavy atom. The Morgan fingerprint density at radius 1 is 1.78 bits per heavy atom. The summed E-state index contributed by atoms with van der Waals surface area (Å²) in [6.45, 7) is 3.22. The van der Waals surface area contributed by atoms with Gasteiger partial charge in [-0.25, -0.2) is 0 Å². The van der Waals surface area contributed by atoms with E-state index < -0.39 is 0 Å². The minimum atomic E-state index is 0.0321. The number of carbonyl (C=O) groups is 1. The fraction of sp³-hybridized carbons (Fsp3) is 0.429. The molecule has 0 aliphatic rings. The molecule has 2 heteroatoms. The Morgan fingerprint density at radius 2 is 2.33 bits per heavy atom. The number of allylic oxidation sites excluding steroid dienone is 2. The van der Waals surface area contributed by atoms with Crippen LogP contribution in [0.4, 0.5) is 0 Å². The van der Waals surface area contributed by atoms with Crippen LogP contribution in [0.2, 0.25) is 0 Å². The predicted octanol–water partition coefficient (Wildman–Crippen LogP) is 1.44. The Bertz CT molecular complexity index is 174. The number of hydrogen-bond donors (Lipinski definition) is 0. The first-order valence-electron chi connectivity index (χ1n) is 2.75. The first-order valence-corrected chi connectivity index (χ1v) is 2.75. The summed E-state index contributed by atoms with van der Waals surface area (Å²) >= 11 is 0. The second-order valence-electron chi connectivity index (χ2n) is 1.80. The van der Waals surface area contributed by atoms with Crippen LogP contribution in [0.15, 0.2) is 11.6 Å². The van der Waals surface area contributed by atoms with Crippen molar-refractivity contribution < 1.29 is 4.79 Å². The van der Waals surface area contributed by atoms with Gasteiger partial charge >= 0.3 is 0 Å². The lowest BCUT2D eigenvalue weighted by molar-refractivity contribution is -0.116.